The van der Waals surface area contributed by atoms with Crippen molar-refractivity contribution in [3.63, 3.8) is 0 Å². The van der Waals surface area contributed by atoms with Crippen LogP contribution >= 0.6 is 0 Å². The first-order valence-corrected chi connectivity index (χ1v) is 10.3. The van der Waals surface area contributed by atoms with E-state index in [1.54, 1.807) is 18.3 Å². The van der Waals surface area contributed by atoms with Crippen LogP contribution in [0.15, 0.2) is 23.3 Å². The second-order valence-electron chi connectivity index (χ2n) is 7.08. The number of aromatic nitrogens is 3. The number of nitrogens with one attached hydrogen (secondary N) is 1. The van der Waals surface area contributed by atoms with E-state index >= 15 is 0 Å². The van der Waals surface area contributed by atoms with Gasteiger partial charge in [0.05, 0.1) is 26.0 Å². The molecule has 2 fully saturated rings. The number of hydrogen-bond donors (Lipinski definition) is 2. The van der Waals surface area contributed by atoms with Crippen LogP contribution in [0.25, 0.3) is 0 Å². The number of hydrogen-bond acceptors (Lipinski definition) is 10. The predicted octanol–water partition coefficient (Wildman–Crippen LogP) is 1.86. The lowest BCUT2D eigenvalue weighted by Gasteiger charge is -2.27. The van der Waals surface area contributed by atoms with Gasteiger partial charge in [-0.25, -0.2) is 5.43 Å². The number of aromatic hydroxyl groups is 1. The Hall–Kier alpha value is -3.14. The summed E-state index contributed by atoms with van der Waals surface area (Å²) < 4.78 is 10.8. The third-order valence-corrected chi connectivity index (χ3v) is 4.96. The fraction of sp³-hybridized carbons (Fsp3) is 0.500. The van der Waals surface area contributed by atoms with E-state index in [1.165, 1.54) is 0 Å². The lowest BCUT2D eigenvalue weighted by molar-refractivity contribution is 0.122. The number of ether oxygens (including phenoxy) is 2. The molecule has 160 valence electrons. The maximum absolute atomic E-state index is 10.0. The van der Waals surface area contributed by atoms with Crippen molar-refractivity contribution in [2.75, 3.05) is 61.2 Å². The number of phenolic OH excluding ortho intramolecular Hbond substituents is 1. The number of anilines is 3. The Morgan fingerprint density at radius 3 is 2.47 bits per heavy atom. The van der Waals surface area contributed by atoms with Gasteiger partial charge in [-0.05, 0) is 43.5 Å². The molecule has 0 saturated carbocycles. The van der Waals surface area contributed by atoms with Gasteiger partial charge in [0, 0.05) is 26.2 Å². The van der Waals surface area contributed by atoms with Crippen molar-refractivity contribution in [1.82, 2.24) is 15.0 Å². The molecular formula is C20H27N7O3. The van der Waals surface area contributed by atoms with Crippen molar-refractivity contribution >= 4 is 24.1 Å². The molecular weight excluding hydrogens is 386 g/mol. The molecule has 0 spiro atoms. The SMILES string of the molecule is CCOc1ccc(C=NNc2nc(N3CCCC3)nc(N3CCOCC3)n2)cc1O. The molecule has 0 aliphatic carbocycles. The maximum Gasteiger partial charge on any atom is 0.250 e. The van der Waals surface area contributed by atoms with Crippen LogP contribution in [0.2, 0.25) is 0 Å². The van der Waals surface area contributed by atoms with Crippen molar-refractivity contribution in [1.29, 1.82) is 0 Å². The standard InChI is InChI=1S/C20H27N7O3/c1-2-30-17-6-5-15(13-16(17)28)14-21-25-18-22-19(26-7-3-4-8-26)24-20(23-18)27-9-11-29-12-10-27/h5-6,13-14,28H,2-4,7-12H2,1H3,(H,22,23,24,25). The number of rotatable bonds is 7. The lowest BCUT2D eigenvalue weighted by atomic mass is 10.2. The second-order valence-corrected chi connectivity index (χ2v) is 7.08. The van der Waals surface area contributed by atoms with Gasteiger partial charge in [0.25, 0.3) is 0 Å². The zero-order valence-electron chi connectivity index (χ0n) is 17.1. The third kappa shape index (κ3) is 4.88. The Morgan fingerprint density at radius 1 is 1.10 bits per heavy atom. The van der Waals surface area contributed by atoms with Crippen LogP contribution in [0.3, 0.4) is 0 Å². The van der Waals surface area contributed by atoms with Crippen LogP contribution in [0.1, 0.15) is 25.3 Å². The highest BCUT2D eigenvalue weighted by atomic mass is 16.5. The molecule has 2 saturated heterocycles. The number of morpholine rings is 1. The van der Waals surface area contributed by atoms with Crippen molar-refractivity contribution in [2.45, 2.75) is 19.8 Å². The fourth-order valence-corrected chi connectivity index (χ4v) is 3.42. The average molecular weight is 413 g/mol. The zero-order valence-corrected chi connectivity index (χ0v) is 17.1. The topological polar surface area (TPSA) is 108 Å². The molecule has 1 aromatic carbocycles. The minimum atomic E-state index is 0.0758. The Labute approximate surface area is 175 Å². The smallest absolute Gasteiger partial charge is 0.250 e. The number of hydrazone groups is 1. The van der Waals surface area contributed by atoms with E-state index in [-0.39, 0.29) is 5.75 Å². The summed E-state index contributed by atoms with van der Waals surface area (Å²) in [5.74, 6) is 2.21. The molecule has 0 amide bonds. The van der Waals surface area contributed by atoms with Crippen molar-refractivity contribution in [2.24, 2.45) is 5.10 Å². The normalized spacial score (nSPS) is 17.0. The van der Waals surface area contributed by atoms with Crippen LogP contribution in [0.5, 0.6) is 11.5 Å². The van der Waals surface area contributed by atoms with Gasteiger partial charge < -0.3 is 24.4 Å². The summed E-state index contributed by atoms with van der Waals surface area (Å²) in [5, 5.41) is 14.3. The first-order chi connectivity index (χ1) is 14.7. The fourth-order valence-electron chi connectivity index (χ4n) is 3.42. The number of nitrogens with zero attached hydrogens (tertiary/aromatic N) is 6. The summed E-state index contributed by atoms with van der Waals surface area (Å²) in [6.45, 7) is 7.07. The average Bonchev–Trinajstić information content (AvgIpc) is 3.31. The molecule has 0 unspecified atom stereocenters. The summed E-state index contributed by atoms with van der Waals surface area (Å²) in [6, 6.07) is 5.13. The molecule has 0 radical (unpaired) electrons. The third-order valence-electron chi connectivity index (χ3n) is 4.96. The van der Waals surface area contributed by atoms with Crippen LogP contribution in [-0.2, 0) is 4.74 Å². The Morgan fingerprint density at radius 2 is 1.80 bits per heavy atom. The van der Waals surface area contributed by atoms with E-state index in [0.29, 0.717) is 43.4 Å². The zero-order chi connectivity index (χ0) is 20.8. The summed E-state index contributed by atoms with van der Waals surface area (Å²) in [5.41, 5.74) is 3.63. The molecule has 30 heavy (non-hydrogen) atoms. The van der Waals surface area contributed by atoms with E-state index in [2.05, 4.69) is 35.3 Å². The second kappa shape index (κ2) is 9.57. The van der Waals surface area contributed by atoms with Crippen LogP contribution in [0.4, 0.5) is 17.8 Å². The first kappa shape index (κ1) is 20.1. The van der Waals surface area contributed by atoms with Gasteiger partial charge in [-0.3, -0.25) is 0 Å². The van der Waals surface area contributed by atoms with Gasteiger partial charge in [-0.15, -0.1) is 0 Å². The Balaban J connectivity index is 1.51. The molecule has 0 atom stereocenters. The largest absolute Gasteiger partial charge is 0.504 e. The number of benzene rings is 1. The van der Waals surface area contributed by atoms with Crippen LogP contribution < -0.4 is 20.0 Å². The minimum absolute atomic E-state index is 0.0758. The summed E-state index contributed by atoms with van der Waals surface area (Å²) in [7, 11) is 0. The van der Waals surface area contributed by atoms with Gasteiger partial charge in [0.2, 0.25) is 17.8 Å². The van der Waals surface area contributed by atoms with E-state index in [9.17, 15) is 5.11 Å². The Kier molecular flexibility index (Phi) is 6.43. The summed E-state index contributed by atoms with van der Waals surface area (Å²) >= 11 is 0. The molecule has 10 nitrogen and oxygen atoms in total. The Bertz CT molecular complexity index is 881. The van der Waals surface area contributed by atoms with E-state index in [4.69, 9.17) is 9.47 Å². The molecule has 1 aromatic heterocycles. The summed E-state index contributed by atoms with van der Waals surface area (Å²) in [6.07, 6.45) is 3.88. The van der Waals surface area contributed by atoms with E-state index < -0.39 is 0 Å². The van der Waals surface area contributed by atoms with Crippen LogP contribution in [-0.4, -0.2) is 72.3 Å². The molecule has 2 aromatic rings. The monoisotopic (exact) mass is 413 g/mol. The molecule has 10 heteroatoms. The van der Waals surface area contributed by atoms with Gasteiger partial charge in [0.15, 0.2) is 11.5 Å². The quantitative estimate of drug-likeness (QED) is 0.519. The molecule has 2 N–H and O–H groups in total. The lowest BCUT2D eigenvalue weighted by Crippen LogP contribution is -2.38. The van der Waals surface area contributed by atoms with Gasteiger partial charge in [-0.1, -0.05) is 0 Å². The predicted molar refractivity (Wildman–Crippen MR) is 115 cm³/mol. The first-order valence-electron chi connectivity index (χ1n) is 10.3. The molecule has 0 bridgehead atoms. The van der Waals surface area contributed by atoms with E-state index in [0.717, 1.165) is 44.6 Å². The van der Waals surface area contributed by atoms with Crippen molar-refractivity contribution in [3.05, 3.63) is 23.8 Å². The number of phenols is 1. The van der Waals surface area contributed by atoms with E-state index in [1.807, 2.05) is 13.0 Å². The van der Waals surface area contributed by atoms with Crippen molar-refractivity contribution in [3.8, 4) is 11.5 Å². The molecule has 3 heterocycles. The van der Waals surface area contributed by atoms with Crippen molar-refractivity contribution < 1.29 is 14.6 Å². The molecule has 2 aliphatic heterocycles. The van der Waals surface area contributed by atoms with Gasteiger partial charge in [0.1, 0.15) is 0 Å². The van der Waals surface area contributed by atoms with Gasteiger partial charge >= 0.3 is 0 Å². The van der Waals surface area contributed by atoms with Crippen LogP contribution in [0, 0.1) is 0 Å². The maximum atomic E-state index is 10.0. The summed E-state index contributed by atoms with van der Waals surface area (Å²) in [4.78, 5) is 18.0. The molecule has 2 aliphatic rings. The highest BCUT2D eigenvalue weighted by Gasteiger charge is 2.21. The molecule has 4 rings (SSSR count). The minimum Gasteiger partial charge on any atom is -0.504 e. The highest BCUT2D eigenvalue weighted by molar-refractivity contribution is 5.81. The van der Waals surface area contributed by atoms with Gasteiger partial charge in [-0.2, -0.15) is 20.1 Å². The highest BCUT2D eigenvalue weighted by Crippen LogP contribution is 2.26.